The Morgan fingerprint density at radius 2 is 1.75 bits per heavy atom. The van der Waals surface area contributed by atoms with Crippen LogP contribution in [0.2, 0.25) is 0 Å². The van der Waals surface area contributed by atoms with Crippen molar-refractivity contribution in [2.75, 3.05) is 26.6 Å². The number of ether oxygens (including phenoxy) is 3. The Hall–Kier alpha value is -3.40. The minimum absolute atomic E-state index is 0.275. The maximum absolute atomic E-state index is 12.4. The predicted molar refractivity (Wildman–Crippen MR) is 105 cm³/mol. The maximum Gasteiger partial charge on any atom is 0.271 e. The molecular weight excluding hydrogens is 382 g/mol. The number of nitrogens with one attached hydrogen (secondary N) is 2. The molecule has 3 aromatic rings. The number of aromatic nitrogens is 3. The molecule has 0 aliphatic rings. The summed E-state index contributed by atoms with van der Waals surface area (Å²) in [5, 5.41) is 7.97. The van der Waals surface area contributed by atoms with E-state index in [4.69, 9.17) is 14.2 Å². The summed E-state index contributed by atoms with van der Waals surface area (Å²) in [6.07, 6.45) is 3.24. The highest BCUT2D eigenvalue weighted by molar-refractivity contribution is 7.14. The third-order valence-corrected chi connectivity index (χ3v) is 4.46. The average Bonchev–Trinajstić information content (AvgIpc) is 3.20. The second kappa shape index (κ2) is 9.00. The predicted octanol–water partition coefficient (Wildman–Crippen LogP) is 2.63. The molecule has 0 unspecified atom stereocenters. The number of hydrogen-bond acceptors (Lipinski definition) is 9. The fourth-order valence-corrected chi connectivity index (χ4v) is 3.09. The lowest BCUT2D eigenvalue weighted by atomic mass is 10.1. The molecule has 28 heavy (non-hydrogen) atoms. The van der Waals surface area contributed by atoms with Crippen LogP contribution < -0.4 is 24.8 Å². The van der Waals surface area contributed by atoms with Gasteiger partial charge < -0.3 is 24.8 Å². The van der Waals surface area contributed by atoms with E-state index in [9.17, 15) is 4.79 Å². The van der Waals surface area contributed by atoms with Crippen LogP contribution in [0.3, 0.4) is 0 Å². The van der Waals surface area contributed by atoms with Crippen molar-refractivity contribution in [1.29, 1.82) is 0 Å². The Kier molecular flexibility index (Phi) is 6.22. The molecule has 0 saturated heterocycles. The van der Waals surface area contributed by atoms with E-state index in [1.165, 1.54) is 18.4 Å². The van der Waals surface area contributed by atoms with Crippen LogP contribution in [-0.4, -0.2) is 42.2 Å². The Labute approximate surface area is 165 Å². The van der Waals surface area contributed by atoms with Crippen molar-refractivity contribution in [2.24, 2.45) is 0 Å². The van der Waals surface area contributed by atoms with E-state index in [2.05, 4.69) is 25.6 Å². The molecule has 0 saturated carbocycles. The van der Waals surface area contributed by atoms with Crippen molar-refractivity contribution in [3.05, 3.63) is 47.2 Å². The molecule has 2 N–H and O–H groups in total. The molecule has 0 spiro atoms. The van der Waals surface area contributed by atoms with E-state index >= 15 is 0 Å². The number of hydrogen-bond donors (Lipinski definition) is 2. The van der Waals surface area contributed by atoms with Gasteiger partial charge in [-0.1, -0.05) is 0 Å². The van der Waals surface area contributed by atoms with Gasteiger partial charge in [-0.05, 0) is 23.8 Å². The van der Waals surface area contributed by atoms with Crippen LogP contribution in [0.5, 0.6) is 17.2 Å². The SMILES string of the molecule is COc1cc(CNC(=O)c2csc(Nc3ncccn3)n2)cc(OC)c1OC. The molecule has 1 amide bonds. The average molecular weight is 401 g/mol. The van der Waals surface area contributed by atoms with Crippen molar-refractivity contribution in [2.45, 2.75) is 6.54 Å². The highest BCUT2D eigenvalue weighted by atomic mass is 32.1. The largest absolute Gasteiger partial charge is 0.493 e. The highest BCUT2D eigenvalue weighted by Gasteiger charge is 2.15. The number of carbonyl (C=O) groups is 1. The summed E-state index contributed by atoms with van der Waals surface area (Å²) in [6, 6.07) is 5.28. The molecule has 1 aromatic carbocycles. The second-order valence-corrected chi connectivity index (χ2v) is 6.31. The second-order valence-electron chi connectivity index (χ2n) is 5.45. The van der Waals surface area contributed by atoms with Crippen LogP contribution >= 0.6 is 11.3 Å². The molecule has 0 aliphatic heterocycles. The quantitative estimate of drug-likeness (QED) is 0.593. The smallest absolute Gasteiger partial charge is 0.271 e. The zero-order chi connectivity index (χ0) is 19.9. The number of nitrogens with zero attached hydrogens (tertiary/aromatic N) is 3. The zero-order valence-electron chi connectivity index (χ0n) is 15.6. The standard InChI is InChI=1S/C18H19N5O4S/c1-25-13-7-11(8-14(26-2)15(13)27-3)9-21-16(24)12-10-28-18(22-12)23-17-19-5-4-6-20-17/h4-8,10H,9H2,1-3H3,(H,21,24)(H,19,20,22,23). The molecule has 10 heteroatoms. The van der Waals surface area contributed by atoms with Gasteiger partial charge in [0.2, 0.25) is 11.7 Å². The van der Waals surface area contributed by atoms with Gasteiger partial charge in [-0.2, -0.15) is 0 Å². The first-order chi connectivity index (χ1) is 13.6. The first-order valence-electron chi connectivity index (χ1n) is 8.21. The summed E-state index contributed by atoms with van der Waals surface area (Å²) < 4.78 is 15.9. The molecule has 0 bridgehead atoms. The van der Waals surface area contributed by atoms with Crippen LogP contribution in [0.15, 0.2) is 36.0 Å². The van der Waals surface area contributed by atoms with Gasteiger partial charge in [-0.15, -0.1) is 11.3 Å². The summed E-state index contributed by atoms with van der Waals surface area (Å²) in [7, 11) is 4.62. The Morgan fingerprint density at radius 1 is 1.07 bits per heavy atom. The molecule has 2 heterocycles. The number of carbonyl (C=O) groups excluding carboxylic acids is 1. The summed E-state index contributed by atoms with van der Waals surface area (Å²) in [6.45, 7) is 0.275. The van der Waals surface area contributed by atoms with E-state index in [1.807, 2.05) is 0 Å². The molecule has 0 radical (unpaired) electrons. The summed E-state index contributed by atoms with van der Waals surface area (Å²) in [5.74, 6) is 1.66. The molecule has 0 aliphatic carbocycles. The minimum atomic E-state index is -0.299. The number of benzene rings is 1. The van der Waals surface area contributed by atoms with Gasteiger partial charge in [-0.25, -0.2) is 15.0 Å². The number of anilines is 2. The fourth-order valence-electron chi connectivity index (χ4n) is 2.41. The minimum Gasteiger partial charge on any atom is -0.493 e. The first kappa shape index (κ1) is 19.4. The lowest BCUT2D eigenvalue weighted by Gasteiger charge is -2.14. The Morgan fingerprint density at radius 3 is 2.36 bits per heavy atom. The van der Waals surface area contributed by atoms with Crippen molar-refractivity contribution < 1.29 is 19.0 Å². The molecule has 0 fully saturated rings. The van der Waals surface area contributed by atoms with Gasteiger partial charge in [0.1, 0.15) is 5.69 Å². The van der Waals surface area contributed by atoms with E-state index in [1.54, 1.807) is 50.2 Å². The highest BCUT2D eigenvalue weighted by Crippen LogP contribution is 2.38. The van der Waals surface area contributed by atoms with Crippen LogP contribution in [0.25, 0.3) is 0 Å². The van der Waals surface area contributed by atoms with Gasteiger partial charge in [0.15, 0.2) is 16.6 Å². The van der Waals surface area contributed by atoms with E-state index in [0.717, 1.165) is 5.56 Å². The number of thiazole rings is 1. The van der Waals surface area contributed by atoms with Gasteiger partial charge in [-0.3, -0.25) is 4.79 Å². The first-order valence-corrected chi connectivity index (χ1v) is 9.09. The van der Waals surface area contributed by atoms with E-state index < -0.39 is 0 Å². The maximum atomic E-state index is 12.4. The molecule has 9 nitrogen and oxygen atoms in total. The Balaban J connectivity index is 1.66. The van der Waals surface area contributed by atoms with Gasteiger partial charge in [0.05, 0.1) is 21.3 Å². The molecular formula is C18H19N5O4S. The zero-order valence-corrected chi connectivity index (χ0v) is 16.4. The van der Waals surface area contributed by atoms with E-state index in [0.29, 0.717) is 34.0 Å². The van der Waals surface area contributed by atoms with Gasteiger partial charge in [0.25, 0.3) is 5.91 Å². The summed E-state index contributed by atoms with van der Waals surface area (Å²) in [5.41, 5.74) is 1.10. The van der Waals surface area contributed by atoms with Gasteiger partial charge in [0, 0.05) is 24.3 Å². The van der Waals surface area contributed by atoms with Crippen molar-refractivity contribution in [3.63, 3.8) is 0 Å². The van der Waals surface area contributed by atoms with Crippen LogP contribution in [0.1, 0.15) is 16.1 Å². The van der Waals surface area contributed by atoms with Gasteiger partial charge >= 0.3 is 0 Å². The van der Waals surface area contributed by atoms with Crippen LogP contribution in [0, 0.1) is 0 Å². The van der Waals surface area contributed by atoms with Crippen LogP contribution in [-0.2, 0) is 6.54 Å². The third kappa shape index (κ3) is 4.46. The fraction of sp³-hybridized carbons (Fsp3) is 0.222. The van der Waals surface area contributed by atoms with Crippen LogP contribution in [0.4, 0.5) is 11.1 Å². The lowest BCUT2D eigenvalue weighted by molar-refractivity contribution is 0.0946. The number of methoxy groups -OCH3 is 3. The molecule has 3 rings (SSSR count). The van der Waals surface area contributed by atoms with Crippen molar-refractivity contribution in [3.8, 4) is 17.2 Å². The number of amides is 1. The summed E-state index contributed by atoms with van der Waals surface area (Å²) in [4.78, 5) is 24.8. The Bertz CT molecular complexity index is 923. The number of rotatable bonds is 8. The van der Waals surface area contributed by atoms with E-state index in [-0.39, 0.29) is 12.5 Å². The molecule has 146 valence electrons. The summed E-state index contributed by atoms with van der Waals surface area (Å²) >= 11 is 1.29. The third-order valence-electron chi connectivity index (χ3n) is 3.70. The topological polar surface area (TPSA) is 107 Å². The van der Waals surface area contributed by atoms with Crippen molar-refractivity contribution >= 4 is 28.3 Å². The lowest BCUT2D eigenvalue weighted by Crippen LogP contribution is -2.23. The molecule has 0 atom stereocenters. The van der Waals surface area contributed by atoms with Crippen molar-refractivity contribution in [1.82, 2.24) is 20.3 Å². The monoisotopic (exact) mass is 401 g/mol. The normalized spacial score (nSPS) is 10.2. The molecule has 2 aromatic heterocycles.